The molecule has 1 aromatic carbocycles. The number of hydroxylamine groups is 2. The second-order valence-electron chi connectivity index (χ2n) is 9.21. The molecule has 3 amide bonds. The zero-order valence-electron chi connectivity index (χ0n) is 19.2. The van der Waals surface area contributed by atoms with E-state index in [1.807, 2.05) is 38.8 Å². The molecule has 174 valence electrons. The Kier molecular flexibility index (Phi) is 7.46. The number of benzene rings is 1. The molecule has 32 heavy (non-hydrogen) atoms. The number of rotatable bonds is 7. The van der Waals surface area contributed by atoms with Crippen molar-refractivity contribution in [1.82, 2.24) is 20.2 Å². The first-order valence-corrected chi connectivity index (χ1v) is 11.2. The summed E-state index contributed by atoms with van der Waals surface area (Å²) in [5, 5.41) is 22.5. The highest BCUT2D eigenvalue weighted by atomic mass is 16.7. The fraction of sp³-hybridized carbons (Fsp3) is 0.609. The average Bonchev–Trinajstić information content (AvgIpc) is 3.01. The van der Waals surface area contributed by atoms with E-state index in [0.717, 1.165) is 31.0 Å². The summed E-state index contributed by atoms with van der Waals surface area (Å²) in [5.74, 6) is 1.12. The first-order chi connectivity index (χ1) is 15.2. The largest absolute Gasteiger partial charge is 0.463 e. The molecule has 0 radical (unpaired) electrons. The normalized spacial score (nSPS) is 23.3. The maximum absolute atomic E-state index is 12.5. The Balaban J connectivity index is 1.60. The Bertz CT molecular complexity index is 839. The van der Waals surface area contributed by atoms with E-state index in [0.29, 0.717) is 29.7 Å². The summed E-state index contributed by atoms with van der Waals surface area (Å²) in [6.07, 6.45) is 0.984. The van der Waals surface area contributed by atoms with Crippen molar-refractivity contribution >= 4 is 12.1 Å². The van der Waals surface area contributed by atoms with E-state index in [1.165, 1.54) is 0 Å². The van der Waals surface area contributed by atoms with Crippen LogP contribution < -0.4 is 10.2 Å². The maximum atomic E-state index is 12.5. The van der Waals surface area contributed by atoms with Gasteiger partial charge in [0.25, 0.3) is 0 Å². The highest BCUT2D eigenvalue weighted by molar-refractivity contribution is 5.74. The van der Waals surface area contributed by atoms with Crippen LogP contribution in [0.15, 0.2) is 24.3 Å². The van der Waals surface area contributed by atoms with Crippen LogP contribution in [0.5, 0.6) is 5.75 Å². The quantitative estimate of drug-likeness (QED) is 0.627. The lowest BCUT2D eigenvalue weighted by Gasteiger charge is -2.43. The summed E-state index contributed by atoms with van der Waals surface area (Å²) >= 11 is 0. The van der Waals surface area contributed by atoms with Gasteiger partial charge in [-0.05, 0) is 69.7 Å². The Morgan fingerprint density at radius 1 is 1.22 bits per heavy atom. The predicted molar refractivity (Wildman–Crippen MR) is 119 cm³/mol. The smallest absolute Gasteiger partial charge is 0.441 e. The third-order valence-corrected chi connectivity index (χ3v) is 6.34. The van der Waals surface area contributed by atoms with Crippen molar-refractivity contribution in [3.63, 3.8) is 0 Å². The first kappa shape index (κ1) is 23.7. The molecule has 0 spiro atoms. The molecule has 2 aliphatic rings. The van der Waals surface area contributed by atoms with Gasteiger partial charge >= 0.3 is 12.1 Å². The zero-order chi connectivity index (χ0) is 23.4. The van der Waals surface area contributed by atoms with Crippen LogP contribution in [-0.2, 0) is 0 Å². The Morgan fingerprint density at radius 2 is 1.81 bits per heavy atom. The van der Waals surface area contributed by atoms with Crippen LogP contribution in [0.2, 0.25) is 0 Å². The van der Waals surface area contributed by atoms with Gasteiger partial charge in [0.2, 0.25) is 0 Å². The fourth-order valence-corrected chi connectivity index (χ4v) is 5.03. The molecule has 1 aliphatic heterocycles. The molecule has 0 aromatic heterocycles. The molecule has 3 atom stereocenters. The second kappa shape index (κ2) is 10.1. The van der Waals surface area contributed by atoms with E-state index in [2.05, 4.69) is 10.2 Å². The highest BCUT2D eigenvalue weighted by Gasteiger charge is 2.45. The summed E-state index contributed by atoms with van der Waals surface area (Å²) < 4.78 is 0. The number of nitrogens with zero attached hydrogens (tertiary/aromatic N) is 4. The summed E-state index contributed by atoms with van der Waals surface area (Å²) in [6, 6.07) is 8.28. The maximum Gasteiger partial charge on any atom is 0.441 e. The van der Waals surface area contributed by atoms with Gasteiger partial charge < -0.3 is 25.1 Å². The van der Waals surface area contributed by atoms with E-state index in [1.54, 1.807) is 24.3 Å². The van der Waals surface area contributed by atoms with Crippen molar-refractivity contribution in [2.45, 2.75) is 51.7 Å². The summed E-state index contributed by atoms with van der Waals surface area (Å²) in [4.78, 5) is 34.1. The molecular weight excluding hydrogens is 410 g/mol. The van der Waals surface area contributed by atoms with Crippen molar-refractivity contribution in [1.29, 1.82) is 5.26 Å². The second-order valence-corrected chi connectivity index (χ2v) is 9.21. The van der Waals surface area contributed by atoms with E-state index >= 15 is 0 Å². The predicted octanol–water partition coefficient (Wildman–Crippen LogP) is 2.98. The van der Waals surface area contributed by atoms with Gasteiger partial charge in [-0.1, -0.05) is 0 Å². The number of piperidine rings is 1. The number of fused-ring (bicyclic) bond motifs is 2. The molecule has 9 heteroatoms. The molecule has 1 saturated heterocycles. The summed E-state index contributed by atoms with van der Waals surface area (Å²) in [7, 11) is 1.88. The molecule has 1 aromatic rings. The molecular formula is C23H33N5O4. The van der Waals surface area contributed by atoms with Crippen LogP contribution >= 0.6 is 0 Å². The fourth-order valence-electron chi connectivity index (χ4n) is 5.03. The van der Waals surface area contributed by atoms with Crippen LogP contribution in [-0.4, -0.2) is 76.9 Å². The number of carbonyl (C=O) groups is 2. The lowest BCUT2D eigenvalue weighted by atomic mass is 9.91. The molecule has 2 bridgehead atoms. The number of likely N-dealkylation sites (tertiary alicyclic amines) is 1. The number of nitrogens with one attached hydrogen (secondary N) is 1. The van der Waals surface area contributed by atoms with Gasteiger partial charge in [-0.2, -0.15) is 5.26 Å². The van der Waals surface area contributed by atoms with Crippen LogP contribution in [0.1, 0.15) is 39.2 Å². The summed E-state index contributed by atoms with van der Waals surface area (Å²) in [5.41, 5.74) is 0.484. The monoisotopic (exact) mass is 443 g/mol. The SMILES string of the molecule is CC(C)NC(=O)N(C)C1C2CCC1CN(CC(C)N(Oc1ccc(C#N)cc1)C(=O)O)C2. The molecule has 1 saturated carbocycles. The standard InChI is InChI=1S/C23H33N5O4/c1-15(2)25-22(29)26(4)21-18-7-8-19(21)14-27(13-18)12-16(3)28(23(30)31)32-20-9-5-17(11-24)6-10-20/h5-6,9-10,15-16,18-19,21H,7-8,12-14H2,1-4H3,(H,25,29)(H,30,31). The van der Waals surface area contributed by atoms with Crippen molar-refractivity contribution in [2.75, 3.05) is 26.7 Å². The Hall–Kier alpha value is -2.99. The topological polar surface area (TPSA) is 109 Å². The lowest BCUT2D eigenvalue weighted by Crippen LogP contribution is -2.57. The van der Waals surface area contributed by atoms with Gasteiger partial charge in [0.15, 0.2) is 5.75 Å². The van der Waals surface area contributed by atoms with Gasteiger partial charge in [-0.3, -0.25) is 0 Å². The van der Waals surface area contributed by atoms with Crippen molar-refractivity contribution < 1.29 is 19.5 Å². The number of hydrogen-bond acceptors (Lipinski definition) is 5. The summed E-state index contributed by atoms with van der Waals surface area (Å²) in [6.45, 7) is 7.94. The molecule has 3 unspecified atom stereocenters. The van der Waals surface area contributed by atoms with Gasteiger partial charge in [0.1, 0.15) is 0 Å². The molecule has 2 fully saturated rings. The Morgan fingerprint density at radius 3 is 2.31 bits per heavy atom. The van der Waals surface area contributed by atoms with E-state index < -0.39 is 6.09 Å². The number of carboxylic acid groups (broad SMARTS) is 1. The molecule has 9 nitrogen and oxygen atoms in total. The van der Waals surface area contributed by atoms with Gasteiger partial charge in [-0.15, -0.1) is 5.06 Å². The van der Waals surface area contributed by atoms with Gasteiger partial charge in [0.05, 0.1) is 17.7 Å². The number of amides is 3. The van der Waals surface area contributed by atoms with E-state index in [4.69, 9.17) is 10.1 Å². The van der Waals surface area contributed by atoms with Crippen LogP contribution in [0.4, 0.5) is 9.59 Å². The van der Waals surface area contributed by atoms with Crippen molar-refractivity contribution in [3.05, 3.63) is 29.8 Å². The average molecular weight is 444 g/mol. The molecule has 2 N–H and O–H groups in total. The molecule has 1 heterocycles. The molecule has 1 aliphatic carbocycles. The van der Waals surface area contributed by atoms with E-state index in [9.17, 15) is 14.7 Å². The number of hydrogen-bond donors (Lipinski definition) is 2. The van der Waals surface area contributed by atoms with Crippen LogP contribution in [0.25, 0.3) is 0 Å². The van der Waals surface area contributed by atoms with Crippen LogP contribution in [0.3, 0.4) is 0 Å². The minimum absolute atomic E-state index is 0.0309. The van der Waals surface area contributed by atoms with Crippen molar-refractivity contribution in [2.24, 2.45) is 11.8 Å². The third-order valence-electron chi connectivity index (χ3n) is 6.34. The third kappa shape index (κ3) is 5.43. The van der Waals surface area contributed by atoms with Gasteiger partial charge in [0, 0.05) is 38.8 Å². The van der Waals surface area contributed by atoms with Crippen molar-refractivity contribution in [3.8, 4) is 11.8 Å². The lowest BCUT2D eigenvalue weighted by molar-refractivity contribution is -0.0747. The number of nitriles is 1. The number of carbonyl (C=O) groups excluding carboxylic acids is 1. The van der Waals surface area contributed by atoms with Gasteiger partial charge in [-0.25, -0.2) is 9.59 Å². The first-order valence-electron chi connectivity index (χ1n) is 11.2. The Labute approximate surface area is 189 Å². The zero-order valence-corrected chi connectivity index (χ0v) is 19.2. The van der Waals surface area contributed by atoms with Crippen LogP contribution in [0, 0.1) is 23.2 Å². The molecule has 3 rings (SSSR count). The minimum Gasteiger partial charge on any atom is -0.463 e. The number of urea groups is 1. The minimum atomic E-state index is -1.16. The highest BCUT2D eigenvalue weighted by Crippen LogP contribution is 2.39. The van der Waals surface area contributed by atoms with E-state index in [-0.39, 0.29) is 24.2 Å².